The fourth-order valence-electron chi connectivity index (χ4n) is 3.57. The maximum Gasteiger partial charge on any atom is 0.170 e. The number of rotatable bonds is 9. The molecule has 10 nitrogen and oxygen atoms in total. The first-order chi connectivity index (χ1) is 17.2. The molecule has 0 amide bonds. The molecule has 0 radical (unpaired) electrons. The molecular weight excluding hydrogens is 494 g/mol. The zero-order valence-electron chi connectivity index (χ0n) is 19.6. The average Bonchev–Trinajstić information content (AvgIpc) is 3.27. The molecule has 4 rings (SSSR count). The van der Waals surface area contributed by atoms with Crippen molar-refractivity contribution in [3.05, 3.63) is 72.3 Å². The predicted molar refractivity (Wildman–Crippen MR) is 125 cm³/mol. The lowest BCUT2D eigenvalue weighted by Gasteiger charge is -2.18. The number of nitrogens with zero attached hydrogens (tertiary/aromatic N) is 6. The van der Waals surface area contributed by atoms with E-state index < -0.39 is 32.5 Å². The Labute approximate surface area is 205 Å². The molecule has 3 heterocycles. The number of methoxy groups -OCH3 is 2. The molecule has 13 heteroatoms. The molecule has 3 aromatic heterocycles. The lowest BCUT2D eigenvalue weighted by Crippen LogP contribution is -2.24. The van der Waals surface area contributed by atoms with E-state index in [9.17, 15) is 17.2 Å². The molecule has 188 valence electrons. The van der Waals surface area contributed by atoms with Crippen LogP contribution in [0.2, 0.25) is 0 Å². The molecule has 4 aromatic rings. The van der Waals surface area contributed by atoms with Crippen molar-refractivity contribution in [3.63, 3.8) is 0 Å². The first kappa shape index (κ1) is 25.1. The first-order valence-corrected chi connectivity index (χ1v) is 12.4. The van der Waals surface area contributed by atoms with Crippen molar-refractivity contribution >= 4 is 9.84 Å². The van der Waals surface area contributed by atoms with Crippen LogP contribution in [0.15, 0.2) is 49.1 Å². The number of ether oxygens (including phenoxy) is 2. The third-order valence-corrected chi connectivity index (χ3v) is 7.46. The number of sulfone groups is 1. The maximum absolute atomic E-state index is 14.0. The number of pyridine rings is 1. The van der Waals surface area contributed by atoms with Crippen LogP contribution in [0.5, 0.6) is 11.5 Å². The van der Waals surface area contributed by atoms with Gasteiger partial charge in [0.15, 0.2) is 27.3 Å². The monoisotopic (exact) mass is 516 g/mol. The number of aromatic nitrogens is 6. The van der Waals surface area contributed by atoms with Gasteiger partial charge in [0.25, 0.3) is 0 Å². The Morgan fingerprint density at radius 2 is 1.64 bits per heavy atom. The Morgan fingerprint density at radius 1 is 0.972 bits per heavy atom. The molecule has 1 aromatic carbocycles. The number of hydrogen-bond acceptors (Lipinski definition) is 9. The second kappa shape index (κ2) is 10.3. The minimum Gasteiger partial charge on any atom is -0.494 e. The fraction of sp³-hybridized carbons (Fsp3) is 0.261. The van der Waals surface area contributed by atoms with Gasteiger partial charge >= 0.3 is 0 Å². The smallest absolute Gasteiger partial charge is 0.170 e. The lowest BCUT2D eigenvalue weighted by atomic mass is 10.2. The van der Waals surface area contributed by atoms with Gasteiger partial charge in [-0.3, -0.25) is 9.55 Å². The van der Waals surface area contributed by atoms with Gasteiger partial charge in [-0.05, 0) is 25.1 Å². The standard InChI is InChI=1S/C23H22F2N6O4S/c1-14(7-20-27-11-17(25)12-28-20)36(32,33)13-21-29-30-23(15-8-16(24)10-26-9-15)31(21)22-18(34-2)5-4-6-19(22)35-3/h4-6,8-12,14H,7,13H2,1-3H3/t14-/m0/s1. The second-order valence-corrected chi connectivity index (χ2v) is 10.2. The van der Waals surface area contributed by atoms with E-state index in [1.165, 1.54) is 38.0 Å². The summed E-state index contributed by atoms with van der Waals surface area (Å²) in [7, 11) is -0.933. The summed E-state index contributed by atoms with van der Waals surface area (Å²) in [6.07, 6.45) is 4.35. The third kappa shape index (κ3) is 5.15. The molecular formula is C23H22F2N6O4S. The molecule has 0 aliphatic carbocycles. The van der Waals surface area contributed by atoms with Gasteiger partial charge < -0.3 is 9.47 Å². The zero-order chi connectivity index (χ0) is 25.9. The second-order valence-electron chi connectivity index (χ2n) is 7.82. The zero-order valence-corrected chi connectivity index (χ0v) is 20.4. The molecule has 0 unspecified atom stereocenters. The molecule has 0 saturated heterocycles. The molecule has 0 aliphatic heterocycles. The lowest BCUT2D eigenvalue weighted by molar-refractivity contribution is 0.391. The highest BCUT2D eigenvalue weighted by Crippen LogP contribution is 2.36. The van der Waals surface area contributed by atoms with Crippen LogP contribution >= 0.6 is 0 Å². The van der Waals surface area contributed by atoms with E-state index >= 15 is 0 Å². The normalized spacial score (nSPS) is 12.4. The summed E-state index contributed by atoms with van der Waals surface area (Å²) >= 11 is 0. The molecule has 1 atom stereocenters. The summed E-state index contributed by atoms with van der Waals surface area (Å²) in [6, 6.07) is 6.24. The quantitative estimate of drug-likeness (QED) is 0.330. The van der Waals surface area contributed by atoms with Crippen LogP contribution in [0.4, 0.5) is 8.78 Å². The van der Waals surface area contributed by atoms with Gasteiger partial charge in [-0.2, -0.15) is 0 Å². The number of halogens is 2. The van der Waals surface area contributed by atoms with Crippen molar-refractivity contribution in [1.82, 2.24) is 29.7 Å². The number of para-hydroxylation sites is 1. The Hall–Kier alpha value is -4.00. The SMILES string of the molecule is COc1cccc(OC)c1-n1c(CS(=O)(=O)[C@@H](C)Cc2ncc(F)cn2)nnc1-c1cncc(F)c1. The van der Waals surface area contributed by atoms with Crippen LogP contribution < -0.4 is 9.47 Å². The van der Waals surface area contributed by atoms with Crippen LogP contribution in [0, 0.1) is 11.6 Å². The van der Waals surface area contributed by atoms with Crippen molar-refractivity contribution < 1.29 is 26.7 Å². The summed E-state index contributed by atoms with van der Waals surface area (Å²) in [5.74, 6) is -0.659. The van der Waals surface area contributed by atoms with Crippen LogP contribution in [-0.4, -0.2) is 57.6 Å². The molecule has 0 aliphatic rings. The molecule has 0 N–H and O–H groups in total. The van der Waals surface area contributed by atoms with Crippen molar-refractivity contribution in [2.45, 2.75) is 24.3 Å². The largest absolute Gasteiger partial charge is 0.494 e. The van der Waals surface area contributed by atoms with Crippen molar-refractivity contribution in [2.24, 2.45) is 0 Å². The summed E-state index contributed by atoms with van der Waals surface area (Å²) in [5, 5.41) is 7.36. The maximum atomic E-state index is 14.0. The topological polar surface area (TPSA) is 122 Å². The van der Waals surface area contributed by atoms with Crippen LogP contribution in [0.1, 0.15) is 18.6 Å². The van der Waals surface area contributed by atoms with Crippen LogP contribution in [0.3, 0.4) is 0 Å². The molecule has 0 fully saturated rings. The highest BCUT2D eigenvalue weighted by Gasteiger charge is 2.29. The summed E-state index contributed by atoms with van der Waals surface area (Å²) in [6.45, 7) is 1.50. The molecule has 36 heavy (non-hydrogen) atoms. The van der Waals surface area contributed by atoms with Crippen molar-refractivity contribution in [2.75, 3.05) is 14.2 Å². The van der Waals surface area contributed by atoms with Gasteiger partial charge in [0.2, 0.25) is 0 Å². The molecule has 0 saturated carbocycles. The van der Waals surface area contributed by atoms with Crippen LogP contribution in [0.25, 0.3) is 17.1 Å². The molecule has 0 spiro atoms. The average molecular weight is 517 g/mol. The fourth-order valence-corrected chi connectivity index (χ4v) is 4.80. The highest BCUT2D eigenvalue weighted by molar-refractivity contribution is 7.91. The van der Waals surface area contributed by atoms with Gasteiger partial charge in [0.05, 0.1) is 38.1 Å². The Kier molecular flexibility index (Phi) is 7.20. The predicted octanol–water partition coefficient (Wildman–Crippen LogP) is 2.96. The summed E-state index contributed by atoms with van der Waals surface area (Å²) in [5.41, 5.74) is 0.610. The van der Waals surface area contributed by atoms with E-state index in [1.54, 1.807) is 18.2 Å². The Morgan fingerprint density at radius 3 is 2.25 bits per heavy atom. The Bertz CT molecular complexity index is 1460. The van der Waals surface area contributed by atoms with E-state index in [0.29, 0.717) is 17.2 Å². The van der Waals surface area contributed by atoms with Crippen LogP contribution in [-0.2, 0) is 22.0 Å². The van der Waals surface area contributed by atoms with Crippen molar-refractivity contribution in [1.29, 1.82) is 0 Å². The van der Waals surface area contributed by atoms with Gasteiger partial charge in [0, 0.05) is 18.2 Å². The number of hydrogen-bond donors (Lipinski definition) is 0. The van der Waals surface area contributed by atoms with E-state index in [-0.39, 0.29) is 29.5 Å². The summed E-state index contributed by atoms with van der Waals surface area (Å²) in [4.78, 5) is 11.6. The van der Waals surface area contributed by atoms with E-state index in [4.69, 9.17) is 9.47 Å². The van der Waals surface area contributed by atoms with Gasteiger partial charge in [0.1, 0.15) is 34.6 Å². The Balaban J connectivity index is 1.81. The van der Waals surface area contributed by atoms with Gasteiger partial charge in [-0.1, -0.05) is 6.07 Å². The summed E-state index contributed by atoms with van der Waals surface area (Å²) < 4.78 is 66.2. The molecule has 0 bridgehead atoms. The van der Waals surface area contributed by atoms with Gasteiger partial charge in [-0.25, -0.2) is 27.2 Å². The first-order valence-electron chi connectivity index (χ1n) is 10.7. The minimum absolute atomic E-state index is 0.0323. The number of benzene rings is 1. The third-order valence-electron chi connectivity index (χ3n) is 5.41. The van der Waals surface area contributed by atoms with E-state index in [0.717, 1.165) is 18.6 Å². The minimum atomic E-state index is -3.84. The van der Waals surface area contributed by atoms with E-state index in [1.807, 2.05) is 0 Å². The van der Waals surface area contributed by atoms with Crippen molar-refractivity contribution in [3.8, 4) is 28.6 Å². The van der Waals surface area contributed by atoms with Gasteiger partial charge in [-0.15, -0.1) is 10.2 Å². The van der Waals surface area contributed by atoms with E-state index in [2.05, 4.69) is 25.1 Å². The highest BCUT2D eigenvalue weighted by atomic mass is 32.2.